The number of nitrogens with one attached hydrogen (secondary N) is 3. The molecule has 234 valence electrons. The second-order valence-corrected chi connectivity index (χ2v) is 14.2. The standard InChI is InChI=1S/C45H33N3S/c1-3-11-35-28(8-1)10-7-14-37(35)30-16-19-31(20-17-30)43-46-44(33-22-24-38-32(26-33)21-18-29-9-2-4-12-36(29)38)48-45(47-43)34-23-25-40-39-13-5-6-15-41(39)49-42(40)27-34/h1-27,43-48H. The van der Waals surface area contributed by atoms with Crippen LogP contribution in [-0.4, -0.2) is 0 Å². The van der Waals surface area contributed by atoms with Crippen molar-refractivity contribution in [2.24, 2.45) is 0 Å². The number of thiophene rings is 1. The average molecular weight is 648 g/mol. The van der Waals surface area contributed by atoms with E-state index in [9.17, 15) is 0 Å². The number of rotatable bonds is 4. The van der Waals surface area contributed by atoms with Gasteiger partial charge in [0.1, 0.15) is 0 Å². The van der Waals surface area contributed by atoms with Gasteiger partial charge in [0.15, 0.2) is 0 Å². The minimum atomic E-state index is -0.0667. The van der Waals surface area contributed by atoms with Gasteiger partial charge in [0.05, 0.1) is 18.5 Å². The Kier molecular flexibility index (Phi) is 6.81. The number of hydrogen-bond donors (Lipinski definition) is 3. The van der Waals surface area contributed by atoms with Gasteiger partial charge < -0.3 is 0 Å². The van der Waals surface area contributed by atoms with E-state index in [2.05, 4.69) is 180 Å². The smallest absolute Gasteiger partial charge is 0.0865 e. The van der Waals surface area contributed by atoms with E-state index in [1.165, 1.54) is 80.3 Å². The highest BCUT2D eigenvalue weighted by Gasteiger charge is 2.30. The van der Waals surface area contributed by atoms with Crippen LogP contribution < -0.4 is 16.0 Å². The second kappa shape index (κ2) is 11.7. The minimum absolute atomic E-state index is 0.0593. The highest BCUT2D eigenvalue weighted by molar-refractivity contribution is 7.25. The van der Waals surface area contributed by atoms with Crippen molar-refractivity contribution < 1.29 is 0 Å². The highest BCUT2D eigenvalue weighted by atomic mass is 32.1. The lowest BCUT2D eigenvalue weighted by atomic mass is 9.96. The van der Waals surface area contributed by atoms with Crippen molar-refractivity contribution in [2.45, 2.75) is 18.5 Å². The molecule has 2 heterocycles. The van der Waals surface area contributed by atoms with Crippen LogP contribution in [-0.2, 0) is 0 Å². The van der Waals surface area contributed by atoms with Crippen LogP contribution in [0.2, 0.25) is 0 Å². The Balaban J connectivity index is 1.04. The van der Waals surface area contributed by atoms with Crippen LogP contribution >= 0.6 is 11.3 Å². The maximum absolute atomic E-state index is 3.93. The quantitative estimate of drug-likeness (QED) is 0.166. The van der Waals surface area contributed by atoms with Gasteiger partial charge in [-0.05, 0) is 78.3 Å². The van der Waals surface area contributed by atoms with Gasteiger partial charge in [-0.15, -0.1) is 11.3 Å². The first-order valence-corrected chi connectivity index (χ1v) is 17.8. The van der Waals surface area contributed by atoms with Crippen molar-refractivity contribution >= 4 is 63.8 Å². The Morgan fingerprint density at radius 3 is 1.67 bits per heavy atom. The van der Waals surface area contributed by atoms with Crippen molar-refractivity contribution in [3.05, 3.63) is 180 Å². The van der Waals surface area contributed by atoms with Gasteiger partial charge in [0, 0.05) is 20.2 Å². The third-order valence-electron chi connectivity index (χ3n) is 10.2. The van der Waals surface area contributed by atoms with Gasteiger partial charge in [-0.2, -0.15) is 0 Å². The van der Waals surface area contributed by atoms with Gasteiger partial charge in [0.2, 0.25) is 0 Å². The van der Waals surface area contributed by atoms with Gasteiger partial charge in [-0.1, -0.05) is 146 Å². The molecule has 3 nitrogen and oxygen atoms in total. The van der Waals surface area contributed by atoms with Crippen LogP contribution in [0.15, 0.2) is 164 Å². The summed E-state index contributed by atoms with van der Waals surface area (Å²) in [6.07, 6.45) is -0.193. The van der Waals surface area contributed by atoms with Crippen molar-refractivity contribution in [3.63, 3.8) is 0 Å². The molecule has 3 unspecified atom stereocenters. The normalized spacial score (nSPS) is 18.2. The molecule has 0 amide bonds. The third kappa shape index (κ3) is 5.00. The maximum Gasteiger partial charge on any atom is 0.0865 e. The zero-order chi connectivity index (χ0) is 32.3. The molecule has 0 aliphatic carbocycles. The van der Waals surface area contributed by atoms with E-state index >= 15 is 0 Å². The van der Waals surface area contributed by atoms with E-state index in [1.54, 1.807) is 0 Å². The van der Waals surface area contributed by atoms with Crippen LogP contribution in [0.1, 0.15) is 35.2 Å². The van der Waals surface area contributed by atoms with Gasteiger partial charge >= 0.3 is 0 Å². The van der Waals surface area contributed by atoms with E-state index in [4.69, 9.17) is 0 Å². The summed E-state index contributed by atoms with van der Waals surface area (Å²) < 4.78 is 2.64. The molecule has 1 aromatic heterocycles. The molecule has 9 aromatic rings. The zero-order valence-electron chi connectivity index (χ0n) is 26.7. The molecule has 0 radical (unpaired) electrons. The summed E-state index contributed by atoms with van der Waals surface area (Å²) in [4.78, 5) is 0. The number of hydrogen-bond acceptors (Lipinski definition) is 4. The fourth-order valence-corrected chi connectivity index (χ4v) is 8.84. The molecule has 4 heteroatoms. The second-order valence-electron chi connectivity index (χ2n) is 13.1. The van der Waals surface area contributed by atoms with Crippen LogP contribution in [0.3, 0.4) is 0 Å². The minimum Gasteiger partial charge on any atom is -0.279 e. The largest absolute Gasteiger partial charge is 0.279 e. The molecule has 3 N–H and O–H groups in total. The predicted octanol–water partition coefficient (Wildman–Crippen LogP) is 11.4. The Morgan fingerprint density at radius 2 is 0.878 bits per heavy atom. The van der Waals surface area contributed by atoms with Gasteiger partial charge in [-0.25, -0.2) is 0 Å². The number of fused-ring (bicyclic) bond motifs is 7. The average Bonchev–Trinajstić information content (AvgIpc) is 3.55. The van der Waals surface area contributed by atoms with Crippen molar-refractivity contribution in [1.82, 2.24) is 16.0 Å². The maximum atomic E-state index is 3.93. The summed E-state index contributed by atoms with van der Waals surface area (Å²) in [5.41, 5.74) is 6.13. The summed E-state index contributed by atoms with van der Waals surface area (Å²) >= 11 is 1.87. The molecule has 49 heavy (non-hydrogen) atoms. The first-order chi connectivity index (χ1) is 24.2. The first kappa shape index (κ1) is 28.6. The highest BCUT2D eigenvalue weighted by Crippen LogP contribution is 2.37. The number of benzene rings is 8. The molecule has 1 aliphatic heterocycles. The molecule has 3 atom stereocenters. The predicted molar refractivity (Wildman–Crippen MR) is 208 cm³/mol. The molecule has 1 fully saturated rings. The third-order valence-corrected chi connectivity index (χ3v) is 11.3. The van der Waals surface area contributed by atoms with Crippen LogP contribution in [0.5, 0.6) is 0 Å². The molecule has 0 bridgehead atoms. The summed E-state index contributed by atoms with van der Waals surface area (Å²) in [6.45, 7) is 0. The Labute approximate surface area is 288 Å². The molecule has 0 saturated carbocycles. The topological polar surface area (TPSA) is 36.1 Å². The first-order valence-electron chi connectivity index (χ1n) is 16.9. The lowest BCUT2D eigenvalue weighted by Gasteiger charge is -2.39. The van der Waals surface area contributed by atoms with Crippen LogP contribution in [0, 0.1) is 0 Å². The summed E-state index contributed by atoms with van der Waals surface area (Å²) in [7, 11) is 0. The van der Waals surface area contributed by atoms with Gasteiger partial charge in [0.25, 0.3) is 0 Å². The summed E-state index contributed by atoms with van der Waals surface area (Å²) in [5.74, 6) is 0. The molecular weight excluding hydrogens is 615 g/mol. The van der Waals surface area contributed by atoms with Crippen molar-refractivity contribution in [1.29, 1.82) is 0 Å². The summed E-state index contributed by atoms with van der Waals surface area (Å²) in [6, 6.07) is 59.9. The monoisotopic (exact) mass is 647 g/mol. The van der Waals surface area contributed by atoms with E-state index in [0.29, 0.717) is 0 Å². The van der Waals surface area contributed by atoms with Crippen molar-refractivity contribution in [3.8, 4) is 11.1 Å². The van der Waals surface area contributed by atoms with E-state index in [-0.39, 0.29) is 18.5 Å². The Morgan fingerprint density at radius 1 is 0.347 bits per heavy atom. The molecular formula is C45H33N3S. The van der Waals surface area contributed by atoms with Gasteiger partial charge in [-0.3, -0.25) is 16.0 Å². The molecule has 1 aliphatic rings. The van der Waals surface area contributed by atoms with E-state index in [0.717, 1.165) is 0 Å². The van der Waals surface area contributed by atoms with E-state index in [1.807, 2.05) is 11.3 Å². The molecule has 10 rings (SSSR count). The Bertz CT molecular complexity index is 2670. The lowest BCUT2D eigenvalue weighted by molar-refractivity contribution is 0.203. The SMILES string of the molecule is c1ccc2c(-c3ccc(C4NC(c5ccc6c(ccc7ccccc76)c5)NC(c5ccc6c(c5)sc5ccccc56)N4)cc3)cccc2c1. The van der Waals surface area contributed by atoms with E-state index < -0.39 is 0 Å². The van der Waals surface area contributed by atoms with Crippen LogP contribution in [0.25, 0.3) is 63.6 Å². The fourth-order valence-electron chi connectivity index (χ4n) is 7.69. The Hall–Kier alpha value is -5.36. The fraction of sp³-hybridized carbons (Fsp3) is 0.0667. The zero-order valence-corrected chi connectivity index (χ0v) is 27.5. The lowest BCUT2D eigenvalue weighted by Crippen LogP contribution is -2.54. The summed E-state index contributed by atoms with van der Waals surface area (Å²) in [5, 5.41) is 22.0. The molecule has 1 saturated heterocycles. The molecule has 8 aromatic carbocycles. The van der Waals surface area contributed by atoms with Crippen molar-refractivity contribution in [2.75, 3.05) is 0 Å². The van der Waals surface area contributed by atoms with Crippen LogP contribution in [0.4, 0.5) is 0 Å². The molecule has 0 spiro atoms.